The molecule has 0 saturated carbocycles. The van der Waals surface area contributed by atoms with Gasteiger partial charge < -0.3 is 4.42 Å². The van der Waals surface area contributed by atoms with E-state index < -0.39 is 0 Å². The van der Waals surface area contributed by atoms with Crippen molar-refractivity contribution in [1.82, 2.24) is 24.7 Å². The number of hydrogen-bond acceptors (Lipinski definition) is 7. The first-order chi connectivity index (χ1) is 12.7. The highest BCUT2D eigenvalue weighted by molar-refractivity contribution is 7.16. The molecule has 0 fully saturated rings. The Hall–Kier alpha value is -3.33. The van der Waals surface area contributed by atoms with Crippen LogP contribution in [0.15, 0.2) is 47.1 Å². The molecule has 5 rings (SSSR count). The molecule has 9 heteroatoms. The zero-order valence-corrected chi connectivity index (χ0v) is 14.1. The Bertz CT molecular complexity index is 1110. The molecule has 1 aliphatic rings. The van der Waals surface area contributed by atoms with Crippen LogP contribution in [0.2, 0.25) is 0 Å². The lowest BCUT2D eigenvalue weighted by molar-refractivity contribution is 0.0656. The fourth-order valence-corrected chi connectivity index (χ4v) is 3.79. The van der Waals surface area contributed by atoms with E-state index in [1.807, 2.05) is 0 Å². The molecule has 3 aromatic heterocycles. The van der Waals surface area contributed by atoms with Gasteiger partial charge in [-0.1, -0.05) is 23.5 Å². The van der Waals surface area contributed by atoms with E-state index in [-0.39, 0.29) is 18.4 Å². The Morgan fingerprint density at radius 1 is 1.00 bits per heavy atom. The molecule has 0 radical (unpaired) electrons. The van der Waals surface area contributed by atoms with E-state index in [1.54, 1.807) is 47.2 Å². The van der Waals surface area contributed by atoms with Crippen molar-refractivity contribution in [3.8, 4) is 11.6 Å². The van der Waals surface area contributed by atoms with Gasteiger partial charge in [-0.15, -0.1) is 10.2 Å². The molecule has 26 heavy (non-hydrogen) atoms. The fourth-order valence-electron chi connectivity index (χ4n) is 2.97. The lowest BCUT2D eigenvalue weighted by atomic mass is 10.1. The van der Waals surface area contributed by atoms with Crippen molar-refractivity contribution >= 4 is 28.1 Å². The minimum Gasteiger partial charge on any atom is -0.461 e. The number of imide groups is 1. The predicted octanol–water partition coefficient (Wildman–Crippen LogP) is 2.28. The summed E-state index contributed by atoms with van der Waals surface area (Å²) in [6, 6.07) is 10.4. The van der Waals surface area contributed by atoms with Crippen LogP contribution in [0, 0.1) is 0 Å². The van der Waals surface area contributed by atoms with Gasteiger partial charge in [0.1, 0.15) is 5.01 Å². The summed E-state index contributed by atoms with van der Waals surface area (Å²) in [6.45, 7) is 0.270. The van der Waals surface area contributed by atoms with Crippen molar-refractivity contribution in [1.29, 1.82) is 0 Å². The first kappa shape index (κ1) is 15.0. The zero-order chi connectivity index (χ0) is 17.7. The number of amides is 2. The number of rotatable bonds is 4. The van der Waals surface area contributed by atoms with Crippen molar-refractivity contribution in [2.75, 3.05) is 6.54 Å². The van der Waals surface area contributed by atoms with Gasteiger partial charge in [-0.05, 0) is 24.3 Å². The lowest BCUT2D eigenvalue weighted by Crippen LogP contribution is -2.31. The van der Waals surface area contributed by atoms with Crippen LogP contribution in [-0.2, 0) is 6.42 Å². The third kappa shape index (κ3) is 2.17. The maximum absolute atomic E-state index is 12.4. The predicted molar refractivity (Wildman–Crippen MR) is 91.9 cm³/mol. The smallest absolute Gasteiger partial charge is 0.261 e. The van der Waals surface area contributed by atoms with Crippen LogP contribution < -0.4 is 0 Å². The summed E-state index contributed by atoms with van der Waals surface area (Å²) in [6.07, 6.45) is 2.02. The second-order valence-electron chi connectivity index (χ2n) is 5.75. The van der Waals surface area contributed by atoms with Crippen LogP contribution in [0.4, 0.5) is 0 Å². The molecule has 0 saturated heterocycles. The fraction of sp³-hybridized carbons (Fsp3) is 0.118. The number of furan rings is 1. The van der Waals surface area contributed by atoms with Crippen molar-refractivity contribution in [3.63, 3.8) is 0 Å². The Morgan fingerprint density at radius 2 is 1.77 bits per heavy atom. The summed E-state index contributed by atoms with van der Waals surface area (Å²) in [4.78, 5) is 26.7. The van der Waals surface area contributed by atoms with E-state index in [0.717, 1.165) is 5.01 Å². The summed E-state index contributed by atoms with van der Waals surface area (Å²) in [5, 5.41) is 13.4. The molecule has 0 N–H and O–H groups in total. The largest absolute Gasteiger partial charge is 0.461 e. The third-order valence-corrected chi connectivity index (χ3v) is 5.16. The van der Waals surface area contributed by atoms with Crippen LogP contribution in [0.25, 0.3) is 16.5 Å². The van der Waals surface area contributed by atoms with E-state index in [4.69, 9.17) is 4.42 Å². The average Bonchev–Trinajstić information content (AvgIpc) is 3.40. The standard InChI is InChI=1S/C17H11N5O3S/c23-15-10-4-1-2-5-11(10)16(24)21(15)8-7-13-20-22-14(12-6-3-9-25-12)18-19-17(22)26-13/h1-6,9H,7-8H2. The van der Waals surface area contributed by atoms with Crippen LogP contribution in [0.1, 0.15) is 25.7 Å². The topological polar surface area (TPSA) is 93.6 Å². The van der Waals surface area contributed by atoms with Gasteiger partial charge in [0.05, 0.1) is 17.4 Å². The minimum atomic E-state index is -0.259. The van der Waals surface area contributed by atoms with Gasteiger partial charge in [-0.3, -0.25) is 14.5 Å². The number of carbonyl (C=O) groups excluding carboxylic acids is 2. The second kappa shape index (κ2) is 5.60. The summed E-state index contributed by atoms with van der Waals surface area (Å²) in [5.41, 5.74) is 0.909. The first-order valence-corrected chi connectivity index (χ1v) is 8.74. The van der Waals surface area contributed by atoms with Gasteiger partial charge in [0, 0.05) is 13.0 Å². The van der Waals surface area contributed by atoms with Crippen LogP contribution >= 0.6 is 11.3 Å². The van der Waals surface area contributed by atoms with Crippen molar-refractivity contribution in [2.24, 2.45) is 0 Å². The highest BCUT2D eigenvalue weighted by Gasteiger charge is 2.34. The molecule has 0 unspecified atom stereocenters. The second-order valence-corrected chi connectivity index (χ2v) is 6.79. The molecule has 0 aliphatic carbocycles. The molecule has 4 heterocycles. The molecule has 0 atom stereocenters. The maximum Gasteiger partial charge on any atom is 0.261 e. The number of carbonyl (C=O) groups is 2. The highest BCUT2D eigenvalue weighted by atomic mass is 32.1. The van der Waals surface area contributed by atoms with E-state index in [1.165, 1.54) is 16.2 Å². The molecule has 128 valence electrons. The number of nitrogens with zero attached hydrogens (tertiary/aromatic N) is 5. The Kier molecular flexibility index (Phi) is 3.22. The monoisotopic (exact) mass is 365 g/mol. The van der Waals surface area contributed by atoms with Gasteiger partial charge >= 0.3 is 0 Å². The molecule has 2 amide bonds. The van der Waals surface area contributed by atoms with E-state index in [9.17, 15) is 9.59 Å². The number of fused-ring (bicyclic) bond motifs is 2. The van der Waals surface area contributed by atoms with Crippen molar-refractivity contribution in [3.05, 3.63) is 58.8 Å². The van der Waals surface area contributed by atoms with Crippen LogP contribution in [0.5, 0.6) is 0 Å². The summed E-state index contributed by atoms with van der Waals surface area (Å²) in [5.74, 6) is 0.581. The normalized spacial score (nSPS) is 13.8. The van der Waals surface area contributed by atoms with Gasteiger partial charge in [0.25, 0.3) is 11.8 Å². The zero-order valence-electron chi connectivity index (χ0n) is 13.3. The van der Waals surface area contributed by atoms with Gasteiger partial charge in [0.2, 0.25) is 10.8 Å². The molecule has 1 aliphatic heterocycles. The molecule has 4 aromatic rings. The number of benzene rings is 1. The van der Waals surface area contributed by atoms with Crippen molar-refractivity contribution in [2.45, 2.75) is 6.42 Å². The molecular formula is C17H11N5O3S. The molecule has 0 bridgehead atoms. The van der Waals surface area contributed by atoms with E-state index in [0.29, 0.717) is 34.1 Å². The van der Waals surface area contributed by atoms with Crippen LogP contribution in [0.3, 0.4) is 0 Å². The van der Waals surface area contributed by atoms with E-state index >= 15 is 0 Å². The lowest BCUT2D eigenvalue weighted by Gasteiger charge is -2.12. The molecule has 1 aromatic carbocycles. The molecular weight excluding hydrogens is 354 g/mol. The Balaban J connectivity index is 1.38. The Morgan fingerprint density at radius 3 is 2.46 bits per heavy atom. The third-order valence-electron chi connectivity index (χ3n) is 4.20. The number of hydrogen-bond donors (Lipinski definition) is 0. The van der Waals surface area contributed by atoms with Gasteiger partial charge in [-0.2, -0.15) is 9.61 Å². The number of aromatic nitrogens is 4. The van der Waals surface area contributed by atoms with Crippen LogP contribution in [-0.4, -0.2) is 43.1 Å². The molecule has 0 spiro atoms. The van der Waals surface area contributed by atoms with Gasteiger partial charge in [-0.25, -0.2) is 0 Å². The minimum absolute atomic E-state index is 0.259. The summed E-state index contributed by atoms with van der Waals surface area (Å²) < 4.78 is 6.96. The van der Waals surface area contributed by atoms with E-state index in [2.05, 4.69) is 15.3 Å². The SMILES string of the molecule is O=C1c2ccccc2C(=O)N1CCc1nn2c(-c3ccco3)nnc2s1. The first-order valence-electron chi connectivity index (χ1n) is 7.92. The molecule has 8 nitrogen and oxygen atoms in total. The average molecular weight is 365 g/mol. The summed E-state index contributed by atoms with van der Waals surface area (Å²) >= 11 is 1.37. The highest BCUT2D eigenvalue weighted by Crippen LogP contribution is 2.25. The maximum atomic E-state index is 12.4. The Labute approximate surface area is 150 Å². The summed E-state index contributed by atoms with van der Waals surface area (Å²) in [7, 11) is 0. The van der Waals surface area contributed by atoms with Gasteiger partial charge in [0.15, 0.2) is 5.76 Å². The van der Waals surface area contributed by atoms with Crippen molar-refractivity contribution < 1.29 is 14.0 Å². The quantitative estimate of drug-likeness (QED) is 0.515.